The van der Waals surface area contributed by atoms with Crippen LogP contribution in [-0.2, 0) is 9.47 Å². The molecule has 3 nitrogen and oxygen atoms in total. The molecule has 2 aliphatic rings. The number of nitrogens with one attached hydrogen (secondary N) is 1. The summed E-state index contributed by atoms with van der Waals surface area (Å²) in [7, 11) is 0. The predicted molar refractivity (Wildman–Crippen MR) is 64.6 cm³/mol. The number of hydrogen-bond acceptors (Lipinski definition) is 3. The van der Waals surface area contributed by atoms with Gasteiger partial charge in [-0.05, 0) is 32.1 Å². The van der Waals surface area contributed by atoms with Gasteiger partial charge in [0.2, 0.25) is 0 Å². The lowest BCUT2D eigenvalue weighted by atomic mass is 10.00. The SMILES string of the molecule is CCCC1CC(NCC2CCCO2)CCO1. The van der Waals surface area contributed by atoms with Gasteiger partial charge in [0.15, 0.2) is 0 Å². The molecule has 94 valence electrons. The number of ether oxygens (including phenoxy) is 2. The lowest BCUT2D eigenvalue weighted by molar-refractivity contribution is -0.00567. The molecule has 0 radical (unpaired) electrons. The maximum Gasteiger partial charge on any atom is 0.0700 e. The van der Waals surface area contributed by atoms with Gasteiger partial charge >= 0.3 is 0 Å². The van der Waals surface area contributed by atoms with Gasteiger partial charge in [-0.1, -0.05) is 13.3 Å². The van der Waals surface area contributed by atoms with Crippen LogP contribution in [0, 0.1) is 0 Å². The summed E-state index contributed by atoms with van der Waals surface area (Å²) < 4.78 is 11.4. The van der Waals surface area contributed by atoms with Crippen LogP contribution in [0.15, 0.2) is 0 Å². The van der Waals surface area contributed by atoms with Gasteiger partial charge in [-0.2, -0.15) is 0 Å². The van der Waals surface area contributed by atoms with Crippen LogP contribution in [0.3, 0.4) is 0 Å². The van der Waals surface area contributed by atoms with Crippen molar-refractivity contribution < 1.29 is 9.47 Å². The lowest BCUT2D eigenvalue weighted by Gasteiger charge is -2.30. The predicted octanol–water partition coefficient (Wildman–Crippen LogP) is 2.10. The molecule has 0 spiro atoms. The highest BCUT2D eigenvalue weighted by Crippen LogP contribution is 2.18. The van der Waals surface area contributed by atoms with E-state index < -0.39 is 0 Å². The zero-order valence-electron chi connectivity index (χ0n) is 10.4. The highest BCUT2D eigenvalue weighted by molar-refractivity contribution is 4.78. The summed E-state index contributed by atoms with van der Waals surface area (Å²) in [5.74, 6) is 0. The molecule has 0 amide bonds. The van der Waals surface area contributed by atoms with Gasteiger partial charge in [-0.3, -0.25) is 0 Å². The van der Waals surface area contributed by atoms with Gasteiger partial charge in [-0.25, -0.2) is 0 Å². The van der Waals surface area contributed by atoms with Gasteiger partial charge < -0.3 is 14.8 Å². The van der Waals surface area contributed by atoms with Gasteiger partial charge in [0.25, 0.3) is 0 Å². The Bertz CT molecular complexity index is 190. The topological polar surface area (TPSA) is 30.5 Å². The van der Waals surface area contributed by atoms with Crippen LogP contribution in [-0.4, -0.2) is 38.0 Å². The van der Waals surface area contributed by atoms with E-state index in [1.54, 1.807) is 0 Å². The van der Waals surface area contributed by atoms with Gasteiger partial charge in [-0.15, -0.1) is 0 Å². The standard InChI is InChI=1S/C13H25NO2/c1-2-4-12-9-11(6-8-16-12)14-10-13-5-3-7-15-13/h11-14H,2-10H2,1H3. The van der Waals surface area contributed by atoms with Crippen molar-refractivity contribution in [1.82, 2.24) is 5.32 Å². The van der Waals surface area contributed by atoms with Crippen molar-refractivity contribution in [3.8, 4) is 0 Å². The Morgan fingerprint density at radius 2 is 2.00 bits per heavy atom. The molecule has 0 saturated carbocycles. The average molecular weight is 227 g/mol. The molecule has 0 aromatic rings. The minimum absolute atomic E-state index is 0.465. The molecule has 2 saturated heterocycles. The molecule has 2 fully saturated rings. The third kappa shape index (κ3) is 3.72. The van der Waals surface area contributed by atoms with Crippen molar-refractivity contribution in [3.05, 3.63) is 0 Å². The van der Waals surface area contributed by atoms with E-state index in [-0.39, 0.29) is 0 Å². The molecule has 2 rings (SSSR count). The molecule has 0 aliphatic carbocycles. The van der Waals surface area contributed by atoms with Crippen LogP contribution in [0.2, 0.25) is 0 Å². The van der Waals surface area contributed by atoms with E-state index in [0.717, 1.165) is 26.2 Å². The largest absolute Gasteiger partial charge is 0.378 e. The first kappa shape index (κ1) is 12.3. The second kappa shape index (κ2) is 6.58. The smallest absolute Gasteiger partial charge is 0.0700 e. The van der Waals surface area contributed by atoms with Crippen LogP contribution in [0.1, 0.15) is 45.4 Å². The fourth-order valence-corrected chi connectivity index (χ4v) is 2.69. The summed E-state index contributed by atoms with van der Waals surface area (Å²) >= 11 is 0. The summed E-state index contributed by atoms with van der Waals surface area (Å²) in [5.41, 5.74) is 0. The molecule has 2 aliphatic heterocycles. The Balaban J connectivity index is 1.64. The molecule has 3 heteroatoms. The van der Waals surface area contributed by atoms with Crippen LogP contribution < -0.4 is 5.32 Å². The zero-order valence-corrected chi connectivity index (χ0v) is 10.4. The normalized spacial score (nSPS) is 35.4. The van der Waals surface area contributed by atoms with E-state index in [2.05, 4.69) is 12.2 Å². The summed E-state index contributed by atoms with van der Waals surface area (Å²) in [6.07, 6.45) is 8.19. The molecular weight excluding hydrogens is 202 g/mol. The van der Waals surface area contributed by atoms with E-state index in [1.165, 1.54) is 32.1 Å². The van der Waals surface area contributed by atoms with Crippen molar-refractivity contribution in [3.63, 3.8) is 0 Å². The third-order valence-corrected chi connectivity index (χ3v) is 3.64. The van der Waals surface area contributed by atoms with E-state index in [4.69, 9.17) is 9.47 Å². The second-order valence-electron chi connectivity index (χ2n) is 5.05. The quantitative estimate of drug-likeness (QED) is 0.780. The van der Waals surface area contributed by atoms with E-state index >= 15 is 0 Å². The molecule has 16 heavy (non-hydrogen) atoms. The number of rotatable bonds is 5. The molecule has 3 atom stereocenters. The molecule has 0 aromatic carbocycles. The Labute approximate surface area is 98.9 Å². The van der Waals surface area contributed by atoms with E-state index in [9.17, 15) is 0 Å². The van der Waals surface area contributed by atoms with Crippen LogP contribution in [0.4, 0.5) is 0 Å². The van der Waals surface area contributed by atoms with Crippen molar-refractivity contribution in [2.75, 3.05) is 19.8 Å². The maximum absolute atomic E-state index is 5.75. The Hall–Kier alpha value is -0.120. The lowest BCUT2D eigenvalue weighted by Crippen LogP contribution is -2.42. The highest BCUT2D eigenvalue weighted by atomic mass is 16.5. The monoisotopic (exact) mass is 227 g/mol. The fraction of sp³-hybridized carbons (Fsp3) is 1.00. The Morgan fingerprint density at radius 3 is 2.75 bits per heavy atom. The van der Waals surface area contributed by atoms with Gasteiger partial charge in [0, 0.05) is 25.8 Å². The van der Waals surface area contributed by atoms with Gasteiger partial charge in [0.05, 0.1) is 12.2 Å². The first-order valence-corrected chi connectivity index (χ1v) is 6.85. The molecule has 0 bridgehead atoms. The van der Waals surface area contributed by atoms with Gasteiger partial charge in [0.1, 0.15) is 0 Å². The van der Waals surface area contributed by atoms with Crippen LogP contribution in [0.5, 0.6) is 0 Å². The van der Waals surface area contributed by atoms with Crippen molar-refractivity contribution in [1.29, 1.82) is 0 Å². The third-order valence-electron chi connectivity index (χ3n) is 3.64. The molecule has 0 aromatic heterocycles. The first-order chi connectivity index (χ1) is 7.88. The summed E-state index contributed by atoms with van der Waals surface area (Å²) in [6, 6.07) is 0.648. The van der Waals surface area contributed by atoms with Crippen LogP contribution in [0.25, 0.3) is 0 Å². The van der Waals surface area contributed by atoms with Crippen molar-refractivity contribution in [2.45, 2.75) is 63.7 Å². The van der Waals surface area contributed by atoms with Crippen molar-refractivity contribution >= 4 is 0 Å². The Kier molecular flexibility index (Phi) is 5.07. The zero-order chi connectivity index (χ0) is 11.2. The summed E-state index contributed by atoms with van der Waals surface area (Å²) in [6.45, 7) is 5.14. The highest BCUT2D eigenvalue weighted by Gasteiger charge is 2.23. The number of hydrogen-bond donors (Lipinski definition) is 1. The van der Waals surface area contributed by atoms with Crippen LogP contribution >= 0.6 is 0 Å². The summed E-state index contributed by atoms with van der Waals surface area (Å²) in [4.78, 5) is 0. The minimum Gasteiger partial charge on any atom is -0.378 e. The average Bonchev–Trinajstić information content (AvgIpc) is 2.80. The van der Waals surface area contributed by atoms with E-state index in [0.29, 0.717) is 18.2 Å². The molecular formula is C13H25NO2. The first-order valence-electron chi connectivity index (χ1n) is 6.85. The molecule has 3 unspecified atom stereocenters. The minimum atomic E-state index is 0.465. The van der Waals surface area contributed by atoms with E-state index in [1.807, 2.05) is 0 Å². The maximum atomic E-state index is 5.75. The fourth-order valence-electron chi connectivity index (χ4n) is 2.69. The molecule has 2 heterocycles. The summed E-state index contributed by atoms with van der Waals surface area (Å²) in [5, 5.41) is 3.65. The van der Waals surface area contributed by atoms with Crippen molar-refractivity contribution in [2.24, 2.45) is 0 Å². The second-order valence-corrected chi connectivity index (χ2v) is 5.05. The Morgan fingerprint density at radius 1 is 1.12 bits per heavy atom. The molecule has 1 N–H and O–H groups in total.